The van der Waals surface area contributed by atoms with Gasteiger partial charge in [-0.1, -0.05) is 12.2 Å². The SMILES string of the molecule is N#Cc1c(NC(=O)c2ccc(N3C(=O)[C@@H]4[C@@H](C3=O)[C@H]3C=C[C@H]4C3)cc2)sc2c1CCC2. The number of anilines is 2. The molecule has 2 fully saturated rings. The van der Waals surface area contributed by atoms with Gasteiger partial charge in [-0.05, 0) is 67.3 Å². The standard InChI is InChI=1S/C24H19N3O3S/c25-11-17-16-2-1-3-18(16)31-22(17)26-21(28)12-6-8-15(9-7-12)27-23(29)19-13-4-5-14(10-13)20(19)24(27)30/h4-9,13-14,19-20H,1-3,10H2,(H,26,28)/t13-,14-,19-,20-/m0/s1. The topological polar surface area (TPSA) is 90.3 Å². The van der Waals surface area contributed by atoms with Gasteiger partial charge in [0.25, 0.3) is 5.91 Å². The number of carbonyl (C=O) groups is 3. The van der Waals surface area contributed by atoms with Gasteiger partial charge in [-0.15, -0.1) is 11.3 Å². The van der Waals surface area contributed by atoms with E-state index < -0.39 is 0 Å². The first-order chi connectivity index (χ1) is 15.1. The van der Waals surface area contributed by atoms with E-state index >= 15 is 0 Å². The molecule has 1 saturated heterocycles. The number of benzene rings is 1. The van der Waals surface area contributed by atoms with Crippen LogP contribution in [0, 0.1) is 35.0 Å². The lowest BCUT2D eigenvalue weighted by atomic mass is 9.85. The molecule has 154 valence electrons. The molecule has 31 heavy (non-hydrogen) atoms. The van der Waals surface area contributed by atoms with E-state index in [0.717, 1.165) is 31.2 Å². The molecule has 1 aromatic carbocycles. The van der Waals surface area contributed by atoms with Crippen molar-refractivity contribution in [3.63, 3.8) is 0 Å². The average molecular weight is 430 g/mol. The Morgan fingerprint density at radius 1 is 1.06 bits per heavy atom. The molecule has 6 nitrogen and oxygen atoms in total. The summed E-state index contributed by atoms with van der Waals surface area (Å²) >= 11 is 1.48. The van der Waals surface area contributed by atoms with Crippen LogP contribution in [0.4, 0.5) is 10.7 Å². The van der Waals surface area contributed by atoms with Gasteiger partial charge < -0.3 is 5.32 Å². The van der Waals surface area contributed by atoms with E-state index in [1.807, 2.05) is 0 Å². The van der Waals surface area contributed by atoms with E-state index in [2.05, 4.69) is 23.5 Å². The van der Waals surface area contributed by atoms with Crippen LogP contribution >= 0.6 is 11.3 Å². The fraction of sp³-hybridized carbons (Fsp3) is 0.333. The summed E-state index contributed by atoms with van der Waals surface area (Å²) in [6.45, 7) is 0. The molecule has 7 heteroatoms. The second-order valence-electron chi connectivity index (χ2n) is 8.69. The number of hydrogen-bond donors (Lipinski definition) is 1. The lowest BCUT2D eigenvalue weighted by molar-refractivity contribution is -0.123. The molecule has 1 aromatic heterocycles. The predicted octanol–water partition coefficient (Wildman–Crippen LogP) is 3.67. The molecule has 1 saturated carbocycles. The number of thiophene rings is 1. The Morgan fingerprint density at radius 3 is 2.39 bits per heavy atom. The van der Waals surface area contributed by atoms with E-state index in [1.165, 1.54) is 21.1 Å². The highest BCUT2D eigenvalue weighted by atomic mass is 32.1. The zero-order valence-corrected chi connectivity index (χ0v) is 17.4. The Hall–Kier alpha value is -3.24. The number of carbonyl (C=O) groups excluding carboxylic acids is 3. The molecule has 3 aliphatic carbocycles. The zero-order chi connectivity index (χ0) is 21.3. The molecule has 1 N–H and O–H groups in total. The van der Waals surface area contributed by atoms with Crippen LogP contribution in [0.25, 0.3) is 0 Å². The molecular formula is C24H19N3O3S. The van der Waals surface area contributed by atoms with E-state index in [-0.39, 0.29) is 41.4 Å². The van der Waals surface area contributed by atoms with Gasteiger partial charge in [0.15, 0.2) is 0 Å². The van der Waals surface area contributed by atoms with Gasteiger partial charge in [-0.2, -0.15) is 5.26 Å². The molecule has 6 rings (SSSR count). The van der Waals surface area contributed by atoms with Gasteiger partial charge in [0.05, 0.1) is 23.1 Å². The molecule has 1 aliphatic heterocycles. The lowest BCUT2D eigenvalue weighted by Gasteiger charge is -2.17. The summed E-state index contributed by atoms with van der Waals surface area (Å²) in [5, 5.41) is 13.0. The van der Waals surface area contributed by atoms with Crippen LogP contribution in [0.2, 0.25) is 0 Å². The number of imide groups is 1. The number of nitrogens with zero attached hydrogens (tertiary/aromatic N) is 2. The van der Waals surface area contributed by atoms with Crippen LogP contribution in [0.5, 0.6) is 0 Å². The van der Waals surface area contributed by atoms with Gasteiger partial charge in [0.2, 0.25) is 11.8 Å². The highest BCUT2D eigenvalue weighted by Crippen LogP contribution is 2.53. The minimum absolute atomic E-state index is 0.129. The molecule has 2 bridgehead atoms. The van der Waals surface area contributed by atoms with Crippen LogP contribution in [-0.4, -0.2) is 17.7 Å². The van der Waals surface area contributed by atoms with Gasteiger partial charge >= 0.3 is 0 Å². The molecule has 2 heterocycles. The molecular weight excluding hydrogens is 410 g/mol. The summed E-state index contributed by atoms with van der Waals surface area (Å²) in [6.07, 6.45) is 7.94. The van der Waals surface area contributed by atoms with Crippen LogP contribution in [0.15, 0.2) is 36.4 Å². The Bertz CT molecular complexity index is 1190. The van der Waals surface area contributed by atoms with Crippen LogP contribution in [-0.2, 0) is 22.4 Å². The summed E-state index contributed by atoms with van der Waals surface area (Å²) < 4.78 is 0. The second kappa shape index (κ2) is 6.63. The number of rotatable bonds is 3. The number of hydrogen-bond acceptors (Lipinski definition) is 5. The minimum atomic E-state index is -0.304. The van der Waals surface area contributed by atoms with Crippen molar-refractivity contribution in [3.05, 3.63) is 58.0 Å². The fourth-order valence-corrected chi connectivity index (χ4v) is 6.94. The number of nitrogens with one attached hydrogen (secondary N) is 1. The Balaban J connectivity index is 1.22. The van der Waals surface area contributed by atoms with Crippen molar-refractivity contribution >= 4 is 39.7 Å². The van der Waals surface area contributed by atoms with Crippen molar-refractivity contribution in [3.8, 4) is 6.07 Å². The first kappa shape index (κ1) is 18.5. The average Bonchev–Trinajstić information content (AvgIpc) is 3.56. The van der Waals surface area contributed by atoms with Crippen molar-refractivity contribution in [2.24, 2.45) is 23.7 Å². The van der Waals surface area contributed by atoms with Crippen LogP contribution < -0.4 is 10.2 Å². The Kier molecular flexibility index (Phi) is 3.96. The monoisotopic (exact) mass is 429 g/mol. The van der Waals surface area contributed by atoms with E-state index in [1.54, 1.807) is 24.3 Å². The van der Waals surface area contributed by atoms with Crippen LogP contribution in [0.3, 0.4) is 0 Å². The quantitative estimate of drug-likeness (QED) is 0.595. The highest BCUT2D eigenvalue weighted by molar-refractivity contribution is 7.16. The highest BCUT2D eigenvalue weighted by Gasteiger charge is 2.59. The molecule has 0 unspecified atom stereocenters. The Morgan fingerprint density at radius 2 is 1.74 bits per heavy atom. The van der Waals surface area contributed by atoms with Gasteiger partial charge in [-0.3, -0.25) is 19.3 Å². The number of allylic oxidation sites excluding steroid dienone is 2. The number of nitriles is 1. The van der Waals surface area contributed by atoms with Crippen LogP contribution in [0.1, 0.15) is 39.2 Å². The third kappa shape index (κ3) is 2.58. The zero-order valence-electron chi connectivity index (χ0n) is 16.6. The van der Waals surface area contributed by atoms with E-state index in [4.69, 9.17) is 0 Å². The smallest absolute Gasteiger partial charge is 0.256 e. The molecule has 4 atom stereocenters. The molecule has 4 aliphatic rings. The van der Waals surface area contributed by atoms with Crippen molar-refractivity contribution in [2.75, 3.05) is 10.2 Å². The third-order valence-electron chi connectivity index (χ3n) is 7.12. The maximum atomic E-state index is 12.9. The summed E-state index contributed by atoms with van der Waals surface area (Å²) in [6, 6.07) is 8.79. The molecule has 0 spiro atoms. The maximum absolute atomic E-state index is 12.9. The normalized spacial score (nSPS) is 27.5. The number of amides is 3. The first-order valence-electron chi connectivity index (χ1n) is 10.6. The van der Waals surface area contributed by atoms with Crippen molar-refractivity contribution in [2.45, 2.75) is 25.7 Å². The number of aryl methyl sites for hydroxylation is 1. The third-order valence-corrected chi connectivity index (χ3v) is 8.33. The van der Waals surface area contributed by atoms with Gasteiger partial charge in [-0.25, -0.2) is 0 Å². The van der Waals surface area contributed by atoms with Gasteiger partial charge in [0.1, 0.15) is 11.1 Å². The molecule has 0 radical (unpaired) electrons. The first-order valence-corrected chi connectivity index (χ1v) is 11.4. The van der Waals surface area contributed by atoms with E-state index in [0.29, 0.717) is 21.8 Å². The predicted molar refractivity (Wildman–Crippen MR) is 116 cm³/mol. The summed E-state index contributed by atoms with van der Waals surface area (Å²) in [5.74, 6) is -0.703. The summed E-state index contributed by atoms with van der Waals surface area (Å²) in [4.78, 5) is 41.1. The van der Waals surface area contributed by atoms with Gasteiger partial charge in [0, 0.05) is 10.4 Å². The maximum Gasteiger partial charge on any atom is 0.256 e. The lowest BCUT2D eigenvalue weighted by Crippen LogP contribution is -2.32. The van der Waals surface area contributed by atoms with Crippen molar-refractivity contribution < 1.29 is 14.4 Å². The van der Waals surface area contributed by atoms with Crippen molar-refractivity contribution in [1.82, 2.24) is 0 Å². The largest absolute Gasteiger partial charge is 0.312 e. The molecule has 3 amide bonds. The Labute approximate surface area is 183 Å². The van der Waals surface area contributed by atoms with Crippen molar-refractivity contribution in [1.29, 1.82) is 5.26 Å². The number of fused-ring (bicyclic) bond motifs is 6. The van der Waals surface area contributed by atoms with E-state index in [9.17, 15) is 19.6 Å². The molecule has 2 aromatic rings. The second-order valence-corrected chi connectivity index (χ2v) is 9.79. The summed E-state index contributed by atoms with van der Waals surface area (Å²) in [5.41, 5.74) is 2.57. The fourth-order valence-electron chi connectivity index (χ4n) is 5.70. The minimum Gasteiger partial charge on any atom is -0.312 e. The summed E-state index contributed by atoms with van der Waals surface area (Å²) in [7, 11) is 0.